The average molecular weight is 393 g/mol. The quantitative estimate of drug-likeness (QED) is 0.451. The van der Waals surface area contributed by atoms with Gasteiger partial charge in [0.05, 0.1) is 6.54 Å². The molecule has 0 saturated heterocycles. The smallest absolute Gasteiger partial charge is 0.251 e. The number of amides is 1. The predicted octanol–water partition coefficient (Wildman–Crippen LogP) is 3.61. The molecule has 5 heteroatoms. The second kappa shape index (κ2) is 10.1. The number of benzene rings is 2. The highest BCUT2D eigenvalue weighted by Gasteiger charge is 2.43. The number of hydrogen-bond acceptors (Lipinski definition) is 2. The van der Waals surface area contributed by atoms with Gasteiger partial charge in [-0.3, -0.25) is 4.79 Å². The van der Waals surface area contributed by atoms with Crippen LogP contribution in [-0.4, -0.2) is 31.5 Å². The minimum Gasteiger partial charge on any atom is -0.357 e. The zero-order valence-electron chi connectivity index (χ0n) is 17.5. The minimum atomic E-state index is -0.0266. The lowest BCUT2D eigenvalue weighted by Crippen LogP contribution is -2.41. The molecular weight excluding hydrogens is 360 g/mol. The van der Waals surface area contributed by atoms with E-state index in [1.165, 1.54) is 18.4 Å². The van der Waals surface area contributed by atoms with Crippen molar-refractivity contribution in [1.82, 2.24) is 16.0 Å². The maximum Gasteiger partial charge on any atom is 0.251 e. The van der Waals surface area contributed by atoms with Crippen LogP contribution in [0, 0.1) is 0 Å². The first-order valence-electron chi connectivity index (χ1n) is 10.6. The summed E-state index contributed by atoms with van der Waals surface area (Å²) in [5.74, 6) is 0.789. The Labute approximate surface area is 174 Å². The fraction of sp³-hybridized carbons (Fsp3) is 0.417. The molecule has 0 spiro atoms. The van der Waals surface area contributed by atoms with Crippen molar-refractivity contribution in [3.63, 3.8) is 0 Å². The molecule has 154 valence electrons. The fourth-order valence-corrected chi connectivity index (χ4v) is 3.43. The Morgan fingerprint density at radius 2 is 1.79 bits per heavy atom. The van der Waals surface area contributed by atoms with E-state index >= 15 is 0 Å². The lowest BCUT2D eigenvalue weighted by atomic mass is 9.96. The number of carbonyl (C=O) groups excluding carboxylic acids is 1. The molecule has 0 unspecified atom stereocenters. The van der Waals surface area contributed by atoms with E-state index in [0.717, 1.165) is 31.0 Å². The van der Waals surface area contributed by atoms with Gasteiger partial charge in [0.2, 0.25) is 0 Å². The number of nitrogens with one attached hydrogen (secondary N) is 3. The summed E-state index contributed by atoms with van der Waals surface area (Å²) in [6, 6.07) is 18.4. The van der Waals surface area contributed by atoms with Crippen molar-refractivity contribution in [3.05, 3.63) is 71.3 Å². The third-order valence-electron chi connectivity index (χ3n) is 5.32. The standard InChI is InChI=1S/C24H32N4O/c1-3-15-26-22(29)20-10-8-9-19(16-20)17-27-23(25-4-2)28-18-24(13-14-24)21-11-6-5-7-12-21/h5-12,16H,3-4,13-15,17-18H2,1-2H3,(H,26,29)(H2,25,27,28). The largest absolute Gasteiger partial charge is 0.357 e. The molecule has 3 N–H and O–H groups in total. The minimum absolute atomic E-state index is 0.0266. The highest BCUT2D eigenvalue weighted by atomic mass is 16.1. The highest BCUT2D eigenvalue weighted by Crippen LogP contribution is 2.47. The molecule has 0 aromatic heterocycles. The molecule has 1 aliphatic carbocycles. The molecule has 2 aromatic rings. The molecule has 1 aliphatic rings. The van der Waals surface area contributed by atoms with Gasteiger partial charge in [0.1, 0.15) is 0 Å². The van der Waals surface area contributed by atoms with Crippen molar-refractivity contribution in [1.29, 1.82) is 0 Å². The molecule has 1 saturated carbocycles. The van der Waals surface area contributed by atoms with Gasteiger partial charge in [0, 0.05) is 30.6 Å². The molecular formula is C24H32N4O. The van der Waals surface area contributed by atoms with E-state index in [2.05, 4.69) is 53.2 Å². The Bertz CT molecular complexity index is 828. The summed E-state index contributed by atoms with van der Waals surface area (Å²) < 4.78 is 0. The Hall–Kier alpha value is -2.82. The van der Waals surface area contributed by atoms with E-state index in [9.17, 15) is 4.79 Å². The summed E-state index contributed by atoms with van der Waals surface area (Å²) in [7, 11) is 0. The van der Waals surface area contributed by atoms with Crippen LogP contribution in [0.4, 0.5) is 0 Å². The van der Waals surface area contributed by atoms with Crippen molar-refractivity contribution in [3.8, 4) is 0 Å². The van der Waals surface area contributed by atoms with Gasteiger partial charge >= 0.3 is 0 Å². The van der Waals surface area contributed by atoms with E-state index < -0.39 is 0 Å². The van der Waals surface area contributed by atoms with E-state index in [4.69, 9.17) is 4.99 Å². The molecule has 1 amide bonds. The van der Waals surface area contributed by atoms with E-state index in [1.54, 1.807) is 0 Å². The van der Waals surface area contributed by atoms with Gasteiger partial charge in [-0.2, -0.15) is 0 Å². The van der Waals surface area contributed by atoms with Gasteiger partial charge in [-0.1, -0.05) is 49.4 Å². The average Bonchev–Trinajstić information content (AvgIpc) is 3.56. The number of hydrogen-bond donors (Lipinski definition) is 3. The summed E-state index contributed by atoms with van der Waals surface area (Å²) in [4.78, 5) is 16.9. The number of carbonyl (C=O) groups is 1. The molecule has 0 atom stereocenters. The fourth-order valence-electron chi connectivity index (χ4n) is 3.43. The monoisotopic (exact) mass is 392 g/mol. The van der Waals surface area contributed by atoms with Crippen molar-refractivity contribution in [2.24, 2.45) is 4.99 Å². The Morgan fingerprint density at radius 1 is 1.00 bits per heavy atom. The Kier molecular flexibility index (Phi) is 7.28. The van der Waals surface area contributed by atoms with Crippen LogP contribution in [0.2, 0.25) is 0 Å². The van der Waals surface area contributed by atoms with Crippen LogP contribution in [0.25, 0.3) is 0 Å². The summed E-state index contributed by atoms with van der Waals surface area (Å²) in [5.41, 5.74) is 3.34. The van der Waals surface area contributed by atoms with Gasteiger partial charge in [-0.15, -0.1) is 0 Å². The van der Waals surface area contributed by atoms with Gasteiger partial charge < -0.3 is 16.0 Å². The molecule has 0 aliphatic heterocycles. The van der Waals surface area contributed by atoms with Gasteiger partial charge in [0.25, 0.3) is 5.91 Å². The lowest BCUT2D eigenvalue weighted by molar-refractivity contribution is 0.0953. The van der Waals surface area contributed by atoms with E-state index in [-0.39, 0.29) is 11.3 Å². The number of nitrogens with zero attached hydrogens (tertiary/aromatic N) is 1. The molecule has 0 bridgehead atoms. The first-order valence-corrected chi connectivity index (χ1v) is 10.6. The van der Waals surface area contributed by atoms with Crippen LogP contribution in [-0.2, 0) is 12.0 Å². The molecule has 0 heterocycles. The van der Waals surface area contributed by atoms with Crippen molar-refractivity contribution in [2.75, 3.05) is 19.6 Å². The number of guanidine groups is 1. The SMILES string of the molecule is CCCNC(=O)c1cccc(CN=C(NCC)NCC2(c3ccccc3)CC2)c1. The van der Waals surface area contributed by atoms with Crippen LogP contribution in [0.1, 0.15) is 54.6 Å². The van der Waals surface area contributed by atoms with Crippen molar-refractivity contribution >= 4 is 11.9 Å². The lowest BCUT2D eigenvalue weighted by Gasteiger charge is -2.19. The maximum absolute atomic E-state index is 12.2. The predicted molar refractivity (Wildman–Crippen MR) is 119 cm³/mol. The summed E-state index contributed by atoms with van der Waals surface area (Å²) in [6.07, 6.45) is 3.34. The van der Waals surface area contributed by atoms with Gasteiger partial charge in [-0.05, 0) is 49.4 Å². The second-order valence-electron chi connectivity index (χ2n) is 7.65. The van der Waals surface area contributed by atoms with Crippen LogP contribution in [0.3, 0.4) is 0 Å². The molecule has 29 heavy (non-hydrogen) atoms. The first-order chi connectivity index (χ1) is 14.2. The van der Waals surface area contributed by atoms with Crippen molar-refractivity contribution < 1.29 is 4.79 Å². The van der Waals surface area contributed by atoms with Gasteiger partial charge in [0.15, 0.2) is 5.96 Å². The Morgan fingerprint density at radius 3 is 2.48 bits per heavy atom. The van der Waals surface area contributed by atoms with Crippen LogP contribution in [0.5, 0.6) is 0 Å². The topological polar surface area (TPSA) is 65.5 Å². The normalized spacial score (nSPS) is 14.9. The van der Waals surface area contributed by atoms with Gasteiger partial charge in [-0.25, -0.2) is 4.99 Å². The van der Waals surface area contributed by atoms with E-state index in [0.29, 0.717) is 18.7 Å². The molecule has 3 rings (SSSR count). The number of aliphatic imine (C=N–C) groups is 1. The molecule has 5 nitrogen and oxygen atoms in total. The zero-order chi connectivity index (χ0) is 20.5. The van der Waals surface area contributed by atoms with E-state index in [1.807, 2.05) is 31.2 Å². The van der Waals surface area contributed by atoms with Crippen LogP contribution in [0.15, 0.2) is 59.6 Å². The van der Waals surface area contributed by atoms with Crippen molar-refractivity contribution in [2.45, 2.75) is 45.1 Å². The maximum atomic E-state index is 12.2. The summed E-state index contributed by atoms with van der Waals surface area (Å²) in [5, 5.41) is 9.77. The zero-order valence-corrected chi connectivity index (χ0v) is 17.5. The molecule has 0 radical (unpaired) electrons. The van der Waals surface area contributed by atoms with Crippen LogP contribution >= 0.6 is 0 Å². The summed E-state index contributed by atoms with van der Waals surface area (Å²) >= 11 is 0. The Balaban J connectivity index is 1.62. The number of rotatable bonds is 9. The summed E-state index contributed by atoms with van der Waals surface area (Å²) in [6.45, 7) is 7.03. The molecule has 1 fully saturated rings. The first kappa shape index (κ1) is 20.9. The highest BCUT2D eigenvalue weighted by molar-refractivity contribution is 5.94. The third kappa shape index (κ3) is 5.83. The molecule has 2 aromatic carbocycles. The second-order valence-corrected chi connectivity index (χ2v) is 7.65. The van der Waals surface area contributed by atoms with Crippen LogP contribution < -0.4 is 16.0 Å². The third-order valence-corrected chi connectivity index (χ3v) is 5.32.